The number of ether oxygens (including phenoxy) is 1. The molecule has 13 heteroatoms. The van der Waals surface area contributed by atoms with Crippen molar-refractivity contribution in [1.82, 2.24) is 15.1 Å². The lowest BCUT2D eigenvalue weighted by atomic mass is 10.1. The third kappa shape index (κ3) is 8.35. The van der Waals surface area contributed by atoms with Crippen molar-refractivity contribution in [2.24, 2.45) is 0 Å². The maximum Gasteiger partial charge on any atom is 0.418 e. The minimum absolute atomic E-state index is 0.0336. The Bertz CT molecular complexity index is 1450. The molecule has 0 unspecified atom stereocenters. The number of nitrogens with zero attached hydrogens (tertiary/aromatic N) is 2. The Labute approximate surface area is 250 Å². The molecule has 2 N–H and O–H groups in total. The van der Waals surface area contributed by atoms with Crippen LogP contribution in [0.4, 0.5) is 32.4 Å². The first-order chi connectivity index (χ1) is 20.3. The highest BCUT2D eigenvalue weighted by Crippen LogP contribution is 2.36. The molecule has 0 aromatic heterocycles. The molecule has 0 radical (unpaired) electrons. The first-order valence-corrected chi connectivity index (χ1v) is 13.8. The fourth-order valence-corrected chi connectivity index (χ4v) is 5.06. The van der Waals surface area contributed by atoms with Gasteiger partial charge in [0.05, 0.1) is 11.3 Å². The second-order valence-electron chi connectivity index (χ2n) is 10.3. The van der Waals surface area contributed by atoms with Crippen LogP contribution in [0, 0.1) is 11.6 Å². The number of alkyl halides is 3. The van der Waals surface area contributed by atoms with Gasteiger partial charge >= 0.3 is 12.2 Å². The Morgan fingerprint density at radius 3 is 2.42 bits per heavy atom. The summed E-state index contributed by atoms with van der Waals surface area (Å²) in [5.41, 5.74) is -1.00. The van der Waals surface area contributed by atoms with Crippen molar-refractivity contribution in [3.05, 3.63) is 94.0 Å². The van der Waals surface area contributed by atoms with Gasteiger partial charge in [0.15, 0.2) is 6.61 Å². The smallest absolute Gasteiger partial charge is 0.418 e. The van der Waals surface area contributed by atoms with Crippen molar-refractivity contribution in [2.45, 2.75) is 45.2 Å². The Kier molecular flexibility index (Phi) is 10.1. The number of carbonyl (C=O) groups is 2. The van der Waals surface area contributed by atoms with Crippen LogP contribution < -0.4 is 15.4 Å². The van der Waals surface area contributed by atoms with Crippen molar-refractivity contribution < 1.29 is 36.3 Å². The number of hydrogen-bond acceptors (Lipinski definition) is 4. The number of para-hydroxylation sites is 1. The predicted molar refractivity (Wildman–Crippen MR) is 152 cm³/mol. The topological polar surface area (TPSA) is 73.9 Å². The molecule has 1 aliphatic rings. The number of carbonyl (C=O) groups excluding carboxylic acids is 2. The minimum atomic E-state index is -4.88. The van der Waals surface area contributed by atoms with E-state index < -0.39 is 29.3 Å². The number of anilines is 1. The van der Waals surface area contributed by atoms with Gasteiger partial charge in [-0.1, -0.05) is 29.8 Å². The molecule has 2 atom stereocenters. The Hall–Kier alpha value is -3.90. The number of nitrogens with one attached hydrogen (secondary N) is 2. The molecule has 43 heavy (non-hydrogen) atoms. The Balaban J connectivity index is 1.35. The number of hydrogen-bond donors (Lipinski definition) is 2. The van der Waals surface area contributed by atoms with Crippen LogP contribution in [0.5, 0.6) is 5.75 Å². The molecule has 1 fully saturated rings. The summed E-state index contributed by atoms with van der Waals surface area (Å²) in [7, 11) is 0. The molecular formula is C30H30ClF5N4O3. The van der Waals surface area contributed by atoms with Crippen molar-refractivity contribution >= 4 is 29.2 Å². The van der Waals surface area contributed by atoms with Crippen LogP contribution >= 0.6 is 11.6 Å². The van der Waals surface area contributed by atoms with Gasteiger partial charge in [0, 0.05) is 48.8 Å². The lowest BCUT2D eigenvalue weighted by Crippen LogP contribution is -2.58. The fourth-order valence-electron chi connectivity index (χ4n) is 4.86. The van der Waals surface area contributed by atoms with E-state index in [-0.39, 0.29) is 42.7 Å². The van der Waals surface area contributed by atoms with E-state index in [1.165, 1.54) is 30.3 Å². The Morgan fingerprint density at radius 1 is 1.00 bits per heavy atom. The lowest BCUT2D eigenvalue weighted by Gasteiger charge is -2.44. The maximum absolute atomic E-state index is 14.1. The van der Waals surface area contributed by atoms with Gasteiger partial charge in [0.2, 0.25) is 0 Å². The normalized spacial score (nSPS) is 17.4. The molecule has 3 aromatic carbocycles. The minimum Gasteiger partial charge on any atom is -0.483 e. The van der Waals surface area contributed by atoms with Crippen LogP contribution in [-0.2, 0) is 24.1 Å². The van der Waals surface area contributed by atoms with E-state index in [2.05, 4.69) is 10.2 Å². The van der Waals surface area contributed by atoms with Gasteiger partial charge in [-0.15, -0.1) is 0 Å². The SMILES string of the molecule is C[C@@H]1CN(Cc2ccc(F)cc2)[C@@H](C)CN1C(=O)COc1ccc(Cl)cc1CNC(=O)Nc1c(F)cccc1C(F)(F)F. The van der Waals surface area contributed by atoms with Gasteiger partial charge in [-0.05, 0) is 61.9 Å². The number of piperazine rings is 1. The molecule has 0 aliphatic carbocycles. The molecular weight excluding hydrogens is 595 g/mol. The number of amides is 3. The van der Waals surface area contributed by atoms with Crippen LogP contribution in [0.1, 0.15) is 30.5 Å². The van der Waals surface area contributed by atoms with Gasteiger partial charge < -0.3 is 20.3 Å². The summed E-state index contributed by atoms with van der Waals surface area (Å²) in [5.74, 6) is -1.57. The molecule has 1 saturated heterocycles. The van der Waals surface area contributed by atoms with Gasteiger partial charge in [-0.2, -0.15) is 13.2 Å². The summed E-state index contributed by atoms with van der Waals surface area (Å²) in [4.78, 5) is 29.5. The summed E-state index contributed by atoms with van der Waals surface area (Å²) < 4.78 is 72.9. The summed E-state index contributed by atoms with van der Waals surface area (Å²) in [5, 5.41) is 4.58. The molecule has 3 amide bonds. The van der Waals surface area contributed by atoms with Crippen molar-refractivity contribution in [2.75, 3.05) is 25.0 Å². The van der Waals surface area contributed by atoms with E-state index in [0.29, 0.717) is 36.3 Å². The number of benzene rings is 3. The molecule has 1 aliphatic heterocycles. The molecule has 7 nitrogen and oxygen atoms in total. The van der Waals surface area contributed by atoms with Crippen LogP contribution in [0.2, 0.25) is 5.02 Å². The Morgan fingerprint density at radius 2 is 1.72 bits per heavy atom. The van der Waals surface area contributed by atoms with E-state index in [9.17, 15) is 31.5 Å². The first kappa shape index (κ1) is 32.0. The summed E-state index contributed by atoms with van der Waals surface area (Å²) in [6.07, 6.45) is -4.88. The highest BCUT2D eigenvalue weighted by Gasteiger charge is 2.35. The lowest BCUT2D eigenvalue weighted by molar-refractivity contribution is -0.139. The number of rotatable bonds is 8. The van der Waals surface area contributed by atoms with Gasteiger partial charge in [0.1, 0.15) is 17.4 Å². The standard InChI is InChI=1S/C30H30ClF5N4O3/c1-18-15-40(19(2)14-39(18)16-20-6-9-23(32)10-7-20)27(41)17-43-26-11-8-22(31)12-21(26)13-37-29(42)38-28-24(30(34,35)36)4-3-5-25(28)33/h3-12,18-19H,13-17H2,1-2H3,(H2,37,38,42)/t18-,19+/m0/s1. The van der Waals surface area contributed by atoms with Gasteiger partial charge in [0.25, 0.3) is 5.91 Å². The van der Waals surface area contributed by atoms with Crippen LogP contribution in [-0.4, -0.2) is 53.5 Å². The maximum atomic E-state index is 14.1. The van der Waals surface area contributed by atoms with E-state index in [1.54, 1.807) is 17.0 Å². The summed E-state index contributed by atoms with van der Waals surface area (Å²) in [6.45, 7) is 5.07. The summed E-state index contributed by atoms with van der Waals surface area (Å²) >= 11 is 6.10. The largest absolute Gasteiger partial charge is 0.483 e. The fraction of sp³-hybridized carbons (Fsp3) is 0.333. The average molecular weight is 625 g/mol. The van der Waals surface area contributed by atoms with Gasteiger partial charge in [-0.3, -0.25) is 9.69 Å². The van der Waals surface area contributed by atoms with Crippen molar-refractivity contribution in [3.63, 3.8) is 0 Å². The third-order valence-corrected chi connectivity index (χ3v) is 7.34. The van der Waals surface area contributed by atoms with Crippen molar-refractivity contribution in [3.8, 4) is 5.75 Å². The van der Waals surface area contributed by atoms with E-state index in [1.807, 2.05) is 19.2 Å². The molecule has 1 heterocycles. The second kappa shape index (κ2) is 13.6. The van der Waals surface area contributed by atoms with Gasteiger partial charge in [-0.25, -0.2) is 13.6 Å². The van der Waals surface area contributed by atoms with Crippen LogP contribution in [0.3, 0.4) is 0 Å². The quantitative estimate of drug-likeness (QED) is 0.282. The molecule has 4 rings (SSSR count). The molecule has 0 saturated carbocycles. The molecule has 3 aromatic rings. The van der Waals surface area contributed by atoms with E-state index in [0.717, 1.165) is 17.7 Å². The second-order valence-corrected chi connectivity index (χ2v) is 10.7. The van der Waals surface area contributed by atoms with Crippen molar-refractivity contribution in [1.29, 1.82) is 0 Å². The average Bonchev–Trinajstić information content (AvgIpc) is 2.94. The zero-order valence-corrected chi connectivity index (χ0v) is 24.1. The van der Waals surface area contributed by atoms with Crippen LogP contribution in [0.25, 0.3) is 0 Å². The van der Waals surface area contributed by atoms with Crippen LogP contribution in [0.15, 0.2) is 60.7 Å². The molecule has 0 spiro atoms. The van der Waals surface area contributed by atoms with E-state index >= 15 is 0 Å². The zero-order chi connectivity index (χ0) is 31.3. The monoisotopic (exact) mass is 624 g/mol. The molecule has 0 bridgehead atoms. The third-order valence-electron chi connectivity index (χ3n) is 7.10. The first-order valence-electron chi connectivity index (χ1n) is 13.4. The highest BCUT2D eigenvalue weighted by molar-refractivity contribution is 6.30. The predicted octanol–water partition coefficient (Wildman–Crippen LogP) is 6.46. The highest BCUT2D eigenvalue weighted by atomic mass is 35.5. The molecule has 230 valence electrons. The summed E-state index contributed by atoms with van der Waals surface area (Å²) in [6, 6.07) is 12.0. The zero-order valence-electron chi connectivity index (χ0n) is 23.4. The number of urea groups is 1. The number of halogens is 6. The van der Waals surface area contributed by atoms with E-state index in [4.69, 9.17) is 16.3 Å².